The third-order valence-electron chi connectivity index (χ3n) is 2.67. The van der Waals surface area contributed by atoms with Gasteiger partial charge in [0.05, 0.1) is 5.69 Å². The van der Waals surface area contributed by atoms with Gasteiger partial charge >= 0.3 is 0 Å². The standard InChI is InChI=1S/C13H9ClN4OS2/c1-7-10(17-12(14)21-7)11(19)18-13-16-9(6-20-13)8-3-2-4-15-5-8/h2-6H,1H3,(H,16,18,19). The van der Waals surface area contributed by atoms with Gasteiger partial charge in [-0.3, -0.25) is 15.1 Å². The predicted octanol–water partition coefficient (Wildman–Crippen LogP) is 3.88. The highest BCUT2D eigenvalue weighted by molar-refractivity contribution is 7.16. The minimum Gasteiger partial charge on any atom is -0.296 e. The minimum atomic E-state index is -0.303. The van der Waals surface area contributed by atoms with Crippen LogP contribution in [0.5, 0.6) is 0 Å². The van der Waals surface area contributed by atoms with Gasteiger partial charge in [0.2, 0.25) is 0 Å². The second kappa shape index (κ2) is 5.88. The number of thiazole rings is 2. The summed E-state index contributed by atoms with van der Waals surface area (Å²) in [4.78, 5) is 25.3. The number of rotatable bonds is 3. The maximum absolute atomic E-state index is 12.1. The molecule has 0 radical (unpaired) electrons. The molecule has 106 valence electrons. The van der Waals surface area contributed by atoms with E-state index in [4.69, 9.17) is 11.6 Å². The topological polar surface area (TPSA) is 67.8 Å². The number of halogens is 1. The van der Waals surface area contributed by atoms with E-state index in [0.29, 0.717) is 15.3 Å². The molecule has 8 heteroatoms. The number of pyridine rings is 1. The Morgan fingerprint density at radius 1 is 1.38 bits per heavy atom. The molecule has 3 heterocycles. The van der Waals surface area contributed by atoms with E-state index in [1.807, 2.05) is 17.5 Å². The molecule has 3 rings (SSSR count). The highest BCUT2D eigenvalue weighted by atomic mass is 35.5. The summed E-state index contributed by atoms with van der Waals surface area (Å²) in [5, 5.41) is 5.12. The summed E-state index contributed by atoms with van der Waals surface area (Å²) < 4.78 is 0.354. The van der Waals surface area contributed by atoms with Crippen LogP contribution >= 0.6 is 34.3 Å². The van der Waals surface area contributed by atoms with E-state index >= 15 is 0 Å². The molecular weight excluding hydrogens is 328 g/mol. The molecule has 0 aliphatic heterocycles. The first-order valence-corrected chi connectivity index (χ1v) is 8.01. The summed E-state index contributed by atoms with van der Waals surface area (Å²) in [5.74, 6) is -0.303. The fraction of sp³-hybridized carbons (Fsp3) is 0.0769. The first-order valence-electron chi connectivity index (χ1n) is 5.93. The van der Waals surface area contributed by atoms with Gasteiger partial charge in [0, 0.05) is 28.2 Å². The number of carbonyl (C=O) groups is 1. The number of aromatic nitrogens is 3. The van der Waals surface area contributed by atoms with Crippen LogP contribution in [0.15, 0.2) is 29.9 Å². The Hall–Kier alpha value is -1.83. The monoisotopic (exact) mass is 336 g/mol. The van der Waals surface area contributed by atoms with Crippen molar-refractivity contribution in [1.82, 2.24) is 15.0 Å². The smallest absolute Gasteiger partial charge is 0.277 e. The van der Waals surface area contributed by atoms with Gasteiger partial charge in [0.25, 0.3) is 5.91 Å². The van der Waals surface area contributed by atoms with Gasteiger partial charge in [-0.2, -0.15) is 0 Å². The van der Waals surface area contributed by atoms with E-state index < -0.39 is 0 Å². The molecule has 1 N–H and O–H groups in total. The van der Waals surface area contributed by atoms with Crippen molar-refractivity contribution in [3.05, 3.63) is 44.9 Å². The quantitative estimate of drug-likeness (QED) is 0.788. The Kier molecular flexibility index (Phi) is 3.96. The van der Waals surface area contributed by atoms with Crippen LogP contribution in [0.1, 0.15) is 15.4 Å². The lowest BCUT2D eigenvalue weighted by Crippen LogP contribution is -2.13. The zero-order chi connectivity index (χ0) is 14.8. The van der Waals surface area contributed by atoms with E-state index in [9.17, 15) is 4.79 Å². The summed E-state index contributed by atoms with van der Waals surface area (Å²) in [7, 11) is 0. The lowest BCUT2D eigenvalue weighted by atomic mass is 10.2. The molecule has 0 aromatic carbocycles. The third kappa shape index (κ3) is 3.10. The van der Waals surface area contributed by atoms with Crippen molar-refractivity contribution in [2.24, 2.45) is 0 Å². The highest BCUT2D eigenvalue weighted by Crippen LogP contribution is 2.26. The maximum Gasteiger partial charge on any atom is 0.277 e. The van der Waals surface area contributed by atoms with Crippen molar-refractivity contribution in [2.45, 2.75) is 6.92 Å². The van der Waals surface area contributed by atoms with Crippen molar-refractivity contribution >= 4 is 45.3 Å². The van der Waals surface area contributed by atoms with Gasteiger partial charge in [-0.1, -0.05) is 11.6 Å². The normalized spacial score (nSPS) is 10.6. The van der Waals surface area contributed by atoms with Crippen molar-refractivity contribution in [3.8, 4) is 11.3 Å². The van der Waals surface area contributed by atoms with Crippen LogP contribution in [0.2, 0.25) is 4.47 Å². The molecule has 21 heavy (non-hydrogen) atoms. The number of aryl methyl sites for hydroxylation is 1. The van der Waals surface area contributed by atoms with Gasteiger partial charge in [-0.25, -0.2) is 9.97 Å². The van der Waals surface area contributed by atoms with Crippen LogP contribution in [-0.2, 0) is 0 Å². The molecule has 0 saturated carbocycles. The van der Waals surface area contributed by atoms with E-state index in [1.54, 1.807) is 19.3 Å². The van der Waals surface area contributed by atoms with E-state index in [1.165, 1.54) is 22.7 Å². The molecule has 0 atom stereocenters. The Morgan fingerprint density at radius 2 is 2.24 bits per heavy atom. The number of nitrogens with one attached hydrogen (secondary N) is 1. The average Bonchev–Trinajstić information content (AvgIpc) is 3.06. The number of amides is 1. The summed E-state index contributed by atoms with van der Waals surface area (Å²) in [5.41, 5.74) is 2.02. The SMILES string of the molecule is Cc1sc(Cl)nc1C(=O)Nc1nc(-c2cccnc2)cs1. The number of carbonyl (C=O) groups excluding carboxylic acids is 1. The lowest BCUT2D eigenvalue weighted by Gasteiger charge is -1.99. The molecule has 0 aliphatic carbocycles. The van der Waals surface area contributed by atoms with E-state index in [-0.39, 0.29) is 5.91 Å². The second-order valence-electron chi connectivity index (χ2n) is 4.11. The Morgan fingerprint density at radius 3 is 2.90 bits per heavy atom. The third-order valence-corrected chi connectivity index (χ3v) is 4.50. The van der Waals surface area contributed by atoms with Crippen LogP contribution < -0.4 is 5.32 Å². The lowest BCUT2D eigenvalue weighted by molar-refractivity contribution is 0.102. The van der Waals surface area contributed by atoms with Gasteiger partial charge in [0.1, 0.15) is 5.69 Å². The maximum atomic E-state index is 12.1. The number of anilines is 1. The first kappa shape index (κ1) is 14.1. The van der Waals surface area contributed by atoms with Gasteiger partial charge in [0.15, 0.2) is 9.60 Å². The van der Waals surface area contributed by atoms with E-state index in [2.05, 4.69) is 20.3 Å². The molecular formula is C13H9ClN4OS2. The molecule has 3 aromatic heterocycles. The molecule has 0 fully saturated rings. The van der Waals surface area contributed by atoms with E-state index in [0.717, 1.165) is 16.1 Å². The Balaban J connectivity index is 1.79. The molecule has 1 amide bonds. The van der Waals surface area contributed by atoms with Gasteiger partial charge in [-0.05, 0) is 19.1 Å². The summed E-state index contributed by atoms with van der Waals surface area (Å²) in [6, 6.07) is 3.76. The molecule has 0 bridgehead atoms. The van der Waals surface area contributed by atoms with Crippen LogP contribution in [0.3, 0.4) is 0 Å². The fourth-order valence-corrected chi connectivity index (χ4v) is 3.48. The van der Waals surface area contributed by atoms with Gasteiger partial charge < -0.3 is 0 Å². The molecule has 5 nitrogen and oxygen atoms in total. The fourth-order valence-electron chi connectivity index (χ4n) is 1.71. The first-order chi connectivity index (χ1) is 10.1. The molecule has 0 unspecified atom stereocenters. The van der Waals surface area contributed by atoms with Crippen molar-refractivity contribution < 1.29 is 4.79 Å². The minimum absolute atomic E-state index is 0.303. The van der Waals surface area contributed by atoms with Gasteiger partial charge in [-0.15, -0.1) is 22.7 Å². The number of nitrogens with zero attached hydrogens (tertiary/aromatic N) is 3. The van der Waals surface area contributed by atoms with Crippen LogP contribution in [0.4, 0.5) is 5.13 Å². The number of hydrogen-bond donors (Lipinski definition) is 1. The Bertz CT molecular complexity index is 785. The molecule has 3 aromatic rings. The summed E-state index contributed by atoms with van der Waals surface area (Å²) >= 11 is 8.43. The molecule has 0 spiro atoms. The molecule has 0 saturated heterocycles. The highest BCUT2D eigenvalue weighted by Gasteiger charge is 2.16. The van der Waals surface area contributed by atoms with Crippen molar-refractivity contribution in [2.75, 3.05) is 5.32 Å². The summed E-state index contributed by atoms with van der Waals surface area (Å²) in [6.45, 7) is 1.81. The largest absolute Gasteiger partial charge is 0.296 e. The molecule has 0 aliphatic rings. The van der Waals surface area contributed by atoms with Crippen LogP contribution in [0.25, 0.3) is 11.3 Å². The summed E-state index contributed by atoms with van der Waals surface area (Å²) in [6.07, 6.45) is 3.43. The Labute approximate surface area is 133 Å². The van der Waals surface area contributed by atoms with Crippen LogP contribution in [-0.4, -0.2) is 20.9 Å². The average molecular weight is 337 g/mol. The van der Waals surface area contributed by atoms with Crippen LogP contribution in [0, 0.1) is 6.92 Å². The second-order valence-corrected chi connectivity index (χ2v) is 6.75. The van der Waals surface area contributed by atoms with Crippen molar-refractivity contribution in [1.29, 1.82) is 0 Å². The predicted molar refractivity (Wildman–Crippen MR) is 85.2 cm³/mol. The zero-order valence-corrected chi connectivity index (χ0v) is 13.2. The van der Waals surface area contributed by atoms with Crippen molar-refractivity contribution in [3.63, 3.8) is 0 Å². The number of hydrogen-bond acceptors (Lipinski definition) is 6. The zero-order valence-electron chi connectivity index (χ0n) is 10.8.